The number of nitrogens with zero attached hydrogens (tertiary/aromatic N) is 2. The van der Waals surface area contributed by atoms with Crippen molar-refractivity contribution in [2.45, 2.75) is 6.42 Å². The summed E-state index contributed by atoms with van der Waals surface area (Å²) >= 11 is 0. The fourth-order valence-electron chi connectivity index (χ4n) is 2.21. The molecule has 1 aromatic heterocycles. The van der Waals surface area contributed by atoms with Crippen molar-refractivity contribution in [2.75, 3.05) is 32.6 Å². The first-order valence-electron chi connectivity index (χ1n) is 8.43. The topological polar surface area (TPSA) is 94.6 Å². The molecule has 0 aliphatic rings. The molecule has 0 bridgehead atoms. The van der Waals surface area contributed by atoms with Crippen molar-refractivity contribution < 1.29 is 38.3 Å². The number of carboxylic acid groups (broad SMARTS) is 1. The van der Waals surface area contributed by atoms with Crippen LogP contribution in [-0.4, -0.2) is 49.0 Å². The van der Waals surface area contributed by atoms with Gasteiger partial charge in [0.15, 0.2) is 0 Å². The number of hydrogen-bond acceptors (Lipinski definition) is 6. The van der Waals surface area contributed by atoms with E-state index in [0.29, 0.717) is 17.9 Å². The van der Waals surface area contributed by atoms with E-state index >= 15 is 0 Å². The van der Waals surface area contributed by atoms with Crippen LogP contribution in [0.2, 0.25) is 0 Å². The van der Waals surface area contributed by atoms with Gasteiger partial charge in [0, 0.05) is 31.2 Å². The molecule has 7 nitrogen and oxygen atoms in total. The Hall–Kier alpha value is -2.59. The van der Waals surface area contributed by atoms with Crippen molar-refractivity contribution in [3.63, 3.8) is 0 Å². The number of likely N-dealkylation sites (N-methyl/N-ethyl adjacent to an activating group) is 1. The van der Waals surface area contributed by atoms with E-state index in [1.54, 1.807) is 6.08 Å². The third-order valence-electron chi connectivity index (χ3n) is 3.62. The molecule has 0 aliphatic carbocycles. The molecule has 0 atom stereocenters. The maximum atomic E-state index is 12.1. The zero-order valence-corrected chi connectivity index (χ0v) is 16.3. The van der Waals surface area contributed by atoms with E-state index in [1.165, 1.54) is 24.5 Å². The van der Waals surface area contributed by atoms with Crippen molar-refractivity contribution >= 4 is 23.6 Å². The molecule has 0 radical (unpaired) electrons. The second-order valence-electron chi connectivity index (χ2n) is 6.12. The van der Waals surface area contributed by atoms with Crippen LogP contribution in [0.15, 0.2) is 48.8 Å². The van der Waals surface area contributed by atoms with Crippen molar-refractivity contribution in [3.8, 4) is 5.75 Å². The minimum Gasteiger partial charge on any atom is -0.550 e. The van der Waals surface area contributed by atoms with Gasteiger partial charge < -0.3 is 24.9 Å². The largest absolute Gasteiger partial charge is 1.00 e. The van der Waals surface area contributed by atoms with Gasteiger partial charge >= 0.3 is 18.9 Å². The van der Waals surface area contributed by atoms with E-state index in [0.717, 1.165) is 17.9 Å². The van der Waals surface area contributed by atoms with Crippen LogP contribution in [-0.2, 0) is 16.0 Å². The Balaban J connectivity index is 0.00000392. The first-order chi connectivity index (χ1) is 12.9. The Morgan fingerprint density at radius 2 is 1.93 bits per heavy atom. The molecule has 0 saturated heterocycles. The van der Waals surface area contributed by atoms with Gasteiger partial charge in [0.25, 0.3) is 0 Å². The van der Waals surface area contributed by atoms with E-state index in [-0.39, 0.29) is 31.2 Å². The molecule has 8 heteroatoms. The molecule has 1 amide bonds. The Labute approximate surface area is 176 Å². The Morgan fingerprint density at radius 1 is 1.21 bits per heavy atom. The van der Waals surface area contributed by atoms with Gasteiger partial charge in [-0.3, -0.25) is 9.78 Å². The van der Waals surface area contributed by atoms with Gasteiger partial charge in [-0.25, -0.2) is 0 Å². The Bertz CT molecular complexity index is 807. The standard InChI is InChI=1S/C20H23N3O4.Li/c1-23(2)11-12-27-17-6-3-15(4-7-17)5-8-19(24)22-18-14-21-10-9-16(18)13-20(25)26;/h3-10,14H,11-13H2,1-2H3,(H,22,24)(H,25,26);/q;+1/p-1/b8-5+;. The van der Waals surface area contributed by atoms with Crippen LogP contribution >= 0.6 is 0 Å². The van der Waals surface area contributed by atoms with Gasteiger partial charge in [-0.2, -0.15) is 0 Å². The van der Waals surface area contributed by atoms with Crippen molar-refractivity contribution in [3.05, 3.63) is 59.9 Å². The number of carbonyl (C=O) groups excluding carboxylic acids is 2. The number of carboxylic acids is 1. The third kappa shape index (κ3) is 8.40. The molecule has 1 aromatic carbocycles. The van der Waals surface area contributed by atoms with Gasteiger partial charge in [0.05, 0.1) is 11.9 Å². The molecule has 1 N–H and O–H groups in total. The first kappa shape index (κ1) is 23.4. The number of pyridine rings is 1. The summed E-state index contributed by atoms with van der Waals surface area (Å²) in [6.07, 6.45) is 5.61. The van der Waals surface area contributed by atoms with Crippen LogP contribution < -0.4 is 34.0 Å². The Morgan fingerprint density at radius 3 is 2.57 bits per heavy atom. The zero-order valence-electron chi connectivity index (χ0n) is 16.3. The molecule has 0 aliphatic heterocycles. The van der Waals surface area contributed by atoms with Crippen molar-refractivity contribution in [1.82, 2.24) is 9.88 Å². The van der Waals surface area contributed by atoms with E-state index in [9.17, 15) is 14.7 Å². The molecule has 28 heavy (non-hydrogen) atoms. The molecule has 1 heterocycles. The smallest absolute Gasteiger partial charge is 0.550 e. The van der Waals surface area contributed by atoms with Crippen LogP contribution in [0.1, 0.15) is 11.1 Å². The number of hydrogen-bond donors (Lipinski definition) is 1. The second kappa shape index (κ2) is 12.0. The van der Waals surface area contributed by atoms with E-state index < -0.39 is 5.97 Å². The second-order valence-corrected chi connectivity index (χ2v) is 6.12. The number of ether oxygens (including phenoxy) is 1. The number of amides is 1. The fraction of sp³-hybridized carbons (Fsp3) is 0.250. The van der Waals surface area contributed by atoms with Crippen LogP contribution in [0.4, 0.5) is 5.69 Å². The summed E-state index contributed by atoms with van der Waals surface area (Å²) < 4.78 is 5.62. The summed E-state index contributed by atoms with van der Waals surface area (Å²) in [6.45, 7) is 1.43. The summed E-state index contributed by atoms with van der Waals surface area (Å²) in [7, 11) is 3.96. The molecular formula is C20H22LiN3O4. The average Bonchev–Trinajstić information content (AvgIpc) is 2.62. The number of anilines is 1. The normalized spacial score (nSPS) is 10.5. The first-order valence-corrected chi connectivity index (χ1v) is 8.43. The maximum absolute atomic E-state index is 12.1. The molecule has 2 rings (SSSR count). The van der Waals surface area contributed by atoms with Crippen LogP contribution in [0.25, 0.3) is 6.08 Å². The van der Waals surface area contributed by atoms with Crippen LogP contribution in [0.3, 0.4) is 0 Å². The van der Waals surface area contributed by atoms with E-state index in [1.807, 2.05) is 43.3 Å². The fourth-order valence-corrected chi connectivity index (χ4v) is 2.21. The van der Waals surface area contributed by atoms with E-state index in [4.69, 9.17) is 4.74 Å². The van der Waals surface area contributed by atoms with Gasteiger partial charge in [0.2, 0.25) is 5.91 Å². The maximum Gasteiger partial charge on any atom is 1.00 e. The van der Waals surface area contributed by atoms with Gasteiger partial charge in [0.1, 0.15) is 12.4 Å². The average molecular weight is 375 g/mol. The number of carbonyl (C=O) groups is 2. The number of rotatable bonds is 9. The van der Waals surface area contributed by atoms with Crippen molar-refractivity contribution in [1.29, 1.82) is 0 Å². The summed E-state index contributed by atoms with van der Waals surface area (Å²) in [5.41, 5.74) is 1.62. The molecule has 0 spiro atoms. The molecule has 0 saturated carbocycles. The van der Waals surface area contributed by atoms with Gasteiger partial charge in [-0.05, 0) is 49.5 Å². The number of benzene rings is 1. The Kier molecular flexibility index (Phi) is 10.0. The van der Waals surface area contributed by atoms with E-state index in [2.05, 4.69) is 10.3 Å². The number of aliphatic carboxylic acids is 1. The molecular weight excluding hydrogens is 353 g/mol. The van der Waals surface area contributed by atoms with Gasteiger partial charge in [-0.15, -0.1) is 0 Å². The summed E-state index contributed by atoms with van der Waals surface area (Å²) in [4.78, 5) is 28.8. The minimum atomic E-state index is -1.22. The zero-order chi connectivity index (χ0) is 19.6. The predicted molar refractivity (Wildman–Crippen MR) is 101 cm³/mol. The third-order valence-corrected chi connectivity index (χ3v) is 3.62. The van der Waals surface area contributed by atoms with Crippen LogP contribution in [0, 0.1) is 0 Å². The SMILES string of the molecule is CN(C)CCOc1ccc(/C=C/C(=O)Nc2cnccc2CC(=O)[O-])cc1.[Li+]. The quantitative estimate of drug-likeness (QED) is 0.401. The predicted octanol–water partition coefficient (Wildman–Crippen LogP) is -2.03. The van der Waals surface area contributed by atoms with Gasteiger partial charge in [-0.1, -0.05) is 12.1 Å². The summed E-state index contributed by atoms with van der Waals surface area (Å²) in [5.74, 6) is -0.838. The molecule has 0 fully saturated rings. The summed E-state index contributed by atoms with van der Waals surface area (Å²) in [5, 5.41) is 13.4. The van der Waals surface area contributed by atoms with Crippen LogP contribution in [0.5, 0.6) is 5.75 Å². The molecule has 142 valence electrons. The minimum absolute atomic E-state index is 0. The number of nitrogens with one attached hydrogen (secondary N) is 1. The summed E-state index contributed by atoms with van der Waals surface area (Å²) in [6, 6.07) is 8.91. The molecule has 0 unspecified atom stereocenters. The molecule has 2 aromatic rings. The monoisotopic (exact) mass is 375 g/mol. The van der Waals surface area contributed by atoms with Crippen molar-refractivity contribution in [2.24, 2.45) is 0 Å². The number of aromatic nitrogens is 1.